The van der Waals surface area contributed by atoms with E-state index in [4.69, 9.17) is 21.6 Å². The maximum absolute atomic E-state index is 12.7. The number of benzene rings is 1. The minimum Gasteiger partial charge on any atom is -0.376 e. The van der Waals surface area contributed by atoms with Crippen LogP contribution in [-0.4, -0.2) is 28.0 Å². The minimum atomic E-state index is -0.113. The molecular weight excluding hydrogens is 322 g/mol. The first-order valence-electron chi connectivity index (χ1n) is 7.00. The number of nitriles is 1. The van der Waals surface area contributed by atoms with Gasteiger partial charge in [0.2, 0.25) is 0 Å². The van der Waals surface area contributed by atoms with Crippen LogP contribution in [0.25, 0.3) is 10.9 Å². The maximum Gasteiger partial charge on any atom is 0.262 e. The highest BCUT2D eigenvalue weighted by atomic mass is 35.5. The average Bonchev–Trinajstić information content (AvgIpc) is 3.01. The second-order valence-electron chi connectivity index (χ2n) is 5.05. The Kier molecular flexibility index (Phi) is 4.67. The number of hydrogen-bond acceptors (Lipinski definition) is 5. The Labute approximate surface area is 136 Å². The van der Waals surface area contributed by atoms with Crippen LogP contribution in [0.3, 0.4) is 0 Å². The van der Waals surface area contributed by atoms with E-state index in [1.54, 1.807) is 22.8 Å². The predicted octanol–water partition coefficient (Wildman–Crippen LogP) is 2.84. The van der Waals surface area contributed by atoms with Gasteiger partial charge in [0.1, 0.15) is 0 Å². The molecule has 1 aromatic carbocycles. The van der Waals surface area contributed by atoms with Crippen LogP contribution in [0.15, 0.2) is 28.2 Å². The summed E-state index contributed by atoms with van der Waals surface area (Å²) in [4.78, 5) is 17.3. The highest BCUT2D eigenvalue weighted by molar-refractivity contribution is 7.99. The Morgan fingerprint density at radius 1 is 1.55 bits per heavy atom. The SMILES string of the molecule is N#CCSc1nc2cc(Cl)ccc2c(=O)n1CC1CCCO1. The van der Waals surface area contributed by atoms with Gasteiger partial charge in [-0.3, -0.25) is 9.36 Å². The summed E-state index contributed by atoms with van der Waals surface area (Å²) in [6, 6.07) is 7.12. The number of thioether (sulfide) groups is 1. The summed E-state index contributed by atoms with van der Waals surface area (Å²) in [7, 11) is 0. The predicted molar refractivity (Wildman–Crippen MR) is 86.3 cm³/mol. The number of nitrogens with zero attached hydrogens (tertiary/aromatic N) is 3. The van der Waals surface area contributed by atoms with E-state index in [2.05, 4.69) is 11.1 Å². The van der Waals surface area contributed by atoms with E-state index < -0.39 is 0 Å². The zero-order valence-corrected chi connectivity index (χ0v) is 13.4. The molecule has 1 aliphatic rings. The molecule has 3 rings (SSSR count). The van der Waals surface area contributed by atoms with E-state index in [9.17, 15) is 4.79 Å². The Balaban J connectivity index is 2.09. The van der Waals surface area contributed by atoms with Crippen LogP contribution in [-0.2, 0) is 11.3 Å². The number of hydrogen-bond donors (Lipinski definition) is 0. The molecule has 0 radical (unpaired) electrons. The van der Waals surface area contributed by atoms with Crippen molar-refractivity contribution in [3.8, 4) is 6.07 Å². The van der Waals surface area contributed by atoms with Crippen LogP contribution < -0.4 is 5.56 Å². The summed E-state index contributed by atoms with van der Waals surface area (Å²) >= 11 is 7.23. The Bertz CT molecular complexity index is 794. The number of fused-ring (bicyclic) bond motifs is 1. The molecule has 7 heteroatoms. The summed E-state index contributed by atoms with van der Waals surface area (Å²) in [6.07, 6.45) is 1.98. The van der Waals surface area contributed by atoms with Crippen molar-refractivity contribution in [3.63, 3.8) is 0 Å². The minimum absolute atomic E-state index is 0.0330. The molecule has 1 aromatic heterocycles. The maximum atomic E-state index is 12.7. The first-order chi connectivity index (χ1) is 10.7. The lowest BCUT2D eigenvalue weighted by Gasteiger charge is -2.15. The lowest BCUT2D eigenvalue weighted by Crippen LogP contribution is -2.28. The molecule has 0 spiro atoms. The van der Waals surface area contributed by atoms with Crippen molar-refractivity contribution in [2.45, 2.75) is 30.6 Å². The van der Waals surface area contributed by atoms with Gasteiger partial charge < -0.3 is 4.74 Å². The van der Waals surface area contributed by atoms with Gasteiger partial charge in [0.15, 0.2) is 5.16 Å². The first kappa shape index (κ1) is 15.3. The zero-order valence-electron chi connectivity index (χ0n) is 11.8. The van der Waals surface area contributed by atoms with Crippen molar-refractivity contribution in [1.82, 2.24) is 9.55 Å². The summed E-state index contributed by atoms with van der Waals surface area (Å²) < 4.78 is 7.24. The molecule has 1 unspecified atom stereocenters. The smallest absolute Gasteiger partial charge is 0.262 e. The molecule has 5 nitrogen and oxygen atoms in total. The van der Waals surface area contributed by atoms with Crippen molar-refractivity contribution < 1.29 is 4.74 Å². The highest BCUT2D eigenvalue weighted by Crippen LogP contribution is 2.22. The Morgan fingerprint density at radius 3 is 3.14 bits per heavy atom. The number of halogens is 1. The molecule has 114 valence electrons. The molecule has 1 fully saturated rings. The normalized spacial score (nSPS) is 17.7. The Morgan fingerprint density at radius 2 is 2.41 bits per heavy atom. The van der Waals surface area contributed by atoms with Crippen molar-refractivity contribution >= 4 is 34.3 Å². The molecule has 0 bridgehead atoms. The van der Waals surface area contributed by atoms with Crippen molar-refractivity contribution in [2.24, 2.45) is 0 Å². The average molecular weight is 336 g/mol. The van der Waals surface area contributed by atoms with E-state index >= 15 is 0 Å². The third-order valence-electron chi connectivity index (χ3n) is 3.56. The summed E-state index contributed by atoms with van der Waals surface area (Å²) in [5.41, 5.74) is 0.444. The van der Waals surface area contributed by atoms with Gasteiger partial charge in [-0.1, -0.05) is 23.4 Å². The molecule has 1 atom stereocenters. The first-order valence-corrected chi connectivity index (χ1v) is 8.37. The molecule has 2 heterocycles. The van der Waals surface area contributed by atoms with Crippen molar-refractivity contribution in [1.29, 1.82) is 5.26 Å². The third-order valence-corrected chi connectivity index (χ3v) is 4.64. The van der Waals surface area contributed by atoms with Crippen molar-refractivity contribution in [3.05, 3.63) is 33.6 Å². The second kappa shape index (κ2) is 6.69. The summed E-state index contributed by atoms with van der Waals surface area (Å²) in [6.45, 7) is 1.20. The molecule has 22 heavy (non-hydrogen) atoms. The molecular formula is C15H14ClN3O2S. The lowest BCUT2D eigenvalue weighted by atomic mass is 10.2. The van der Waals surface area contributed by atoms with E-state index in [1.165, 1.54) is 11.8 Å². The van der Waals surface area contributed by atoms with E-state index in [-0.39, 0.29) is 17.4 Å². The highest BCUT2D eigenvalue weighted by Gasteiger charge is 2.20. The standard InChI is InChI=1S/C15H14ClN3O2S/c16-10-3-4-12-13(8-10)18-15(22-7-5-17)19(14(12)20)9-11-2-1-6-21-11/h3-4,8,11H,1-2,6-7,9H2. The topological polar surface area (TPSA) is 67.9 Å². The second-order valence-corrected chi connectivity index (χ2v) is 6.43. The monoisotopic (exact) mass is 335 g/mol. The van der Waals surface area contributed by atoms with Gasteiger partial charge in [0, 0.05) is 11.6 Å². The van der Waals surface area contributed by atoms with Crippen LogP contribution in [0.4, 0.5) is 0 Å². The molecule has 0 amide bonds. The molecule has 1 aliphatic heterocycles. The fourth-order valence-corrected chi connectivity index (χ4v) is 3.37. The molecule has 0 saturated carbocycles. The summed E-state index contributed by atoms with van der Waals surface area (Å²) in [5, 5.41) is 10.4. The van der Waals surface area contributed by atoms with Crippen LogP contribution in [0, 0.1) is 11.3 Å². The van der Waals surface area contributed by atoms with E-state index in [0.29, 0.717) is 27.6 Å². The fraction of sp³-hybridized carbons (Fsp3) is 0.400. The van der Waals surface area contributed by atoms with Crippen molar-refractivity contribution in [2.75, 3.05) is 12.4 Å². The molecule has 2 aromatic rings. The van der Waals surface area contributed by atoms with Gasteiger partial charge in [-0.25, -0.2) is 4.98 Å². The van der Waals surface area contributed by atoms with Gasteiger partial charge in [-0.2, -0.15) is 5.26 Å². The van der Waals surface area contributed by atoms with E-state index in [1.807, 2.05) is 0 Å². The largest absolute Gasteiger partial charge is 0.376 e. The van der Waals surface area contributed by atoms with Crippen LogP contribution >= 0.6 is 23.4 Å². The molecule has 1 saturated heterocycles. The summed E-state index contributed by atoms with van der Waals surface area (Å²) in [5.74, 6) is 0.240. The van der Waals surface area contributed by atoms with E-state index in [0.717, 1.165) is 19.4 Å². The number of rotatable bonds is 4. The van der Waals surface area contributed by atoms with Gasteiger partial charge in [-0.05, 0) is 31.0 Å². The lowest BCUT2D eigenvalue weighted by molar-refractivity contribution is 0.0937. The zero-order chi connectivity index (χ0) is 15.5. The quantitative estimate of drug-likeness (QED) is 0.635. The van der Waals surface area contributed by atoms with Gasteiger partial charge in [0.25, 0.3) is 5.56 Å². The fourth-order valence-electron chi connectivity index (χ4n) is 2.53. The third kappa shape index (κ3) is 3.12. The van der Waals surface area contributed by atoms with Gasteiger partial charge in [-0.15, -0.1) is 0 Å². The number of ether oxygens (including phenoxy) is 1. The van der Waals surface area contributed by atoms with Crippen LogP contribution in [0.1, 0.15) is 12.8 Å². The van der Waals surface area contributed by atoms with Gasteiger partial charge in [0.05, 0.1) is 35.4 Å². The molecule has 0 aliphatic carbocycles. The van der Waals surface area contributed by atoms with Crippen LogP contribution in [0.5, 0.6) is 0 Å². The van der Waals surface area contributed by atoms with Crippen LogP contribution in [0.2, 0.25) is 5.02 Å². The molecule has 0 N–H and O–H groups in total. The number of aromatic nitrogens is 2. The van der Waals surface area contributed by atoms with Gasteiger partial charge >= 0.3 is 0 Å². The Hall–Kier alpha value is -1.55.